The van der Waals surface area contributed by atoms with Crippen LogP contribution in [0.3, 0.4) is 0 Å². The number of amides is 3. The van der Waals surface area contributed by atoms with Crippen LogP contribution in [0.4, 0.5) is 17.1 Å². The summed E-state index contributed by atoms with van der Waals surface area (Å²) in [5.74, 6) is -1.31. The van der Waals surface area contributed by atoms with Gasteiger partial charge in [0.15, 0.2) is 15.6 Å². The Morgan fingerprint density at radius 3 is 2.32 bits per heavy atom. The Labute approximate surface area is 238 Å². The average Bonchev–Trinajstić information content (AvgIpc) is 3.62. The molecule has 3 heterocycles. The quantitative estimate of drug-likeness (QED) is 0.369. The van der Waals surface area contributed by atoms with Gasteiger partial charge >= 0.3 is 0 Å². The minimum absolute atomic E-state index is 0.0457. The first-order valence-corrected chi connectivity index (χ1v) is 15.3. The third-order valence-corrected chi connectivity index (χ3v) is 9.10. The molecule has 2 aliphatic heterocycles. The molecular formula is C29H33N5O6S. The summed E-state index contributed by atoms with van der Waals surface area (Å²) in [5.41, 5.74) is 3.89. The molecule has 12 heteroatoms. The van der Waals surface area contributed by atoms with Crippen LogP contribution in [-0.2, 0) is 14.6 Å². The Balaban J connectivity index is 1.28. The summed E-state index contributed by atoms with van der Waals surface area (Å²) in [5, 5.41) is 8.11. The van der Waals surface area contributed by atoms with Crippen molar-refractivity contribution in [3.8, 4) is 0 Å². The van der Waals surface area contributed by atoms with Crippen molar-refractivity contribution in [2.45, 2.75) is 19.4 Å². The molecule has 3 N–H and O–H groups in total. The second kappa shape index (κ2) is 12.0. The van der Waals surface area contributed by atoms with Gasteiger partial charge in [-0.1, -0.05) is 18.2 Å². The number of furan rings is 1. The largest absolute Gasteiger partial charge is 0.459 e. The van der Waals surface area contributed by atoms with Crippen LogP contribution in [0.2, 0.25) is 0 Å². The van der Waals surface area contributed by atoms with Crippen LogP contribution in [-0.4, -0.2) is 76.4 Å². The summed E-state index contributed by atoms with van der Waals surface area (Å²) in [4.78, 5) is 42.6. The van der Waals surface area contributed by atoms with E-state index < -0.39 is 33.6 Å². The highest BCUT2D eigenvalue weighted by Gasteiger charge is 2.29. The van der Waals surface area contributed by atoms with Crippen LogP contribution < -0.4 is 25.8 Å². The van der Waals surface area contributed by atoms with Gasteiger partial charge in [0.2, 0.25) is 5.91 Å². The molecule has 3 aromatic rings. The van der Waals surface area contributed by atoms with Gasteiger partial charge in [-0.3, -0.25) is 14.4 Å². The van der Waals surface area contributed by atoms with Gasteiger partial charge in [0, 0.05) is 43.5 Å². The van der Waals surface area contributed by atoms with Crippen molar-refractivity contribution in [1.82, 2.24) is 10.6 Å². The second-order valence-corrected chi connectivity index (χ2v) is 12.5. The molecule has 0 aliphatic carbocycles. The summed E-state index contributed by atoms with van der Waals surface area (Å²) < 4.78 is 28.5. The van der Waals surface area contributed by atoms with Crippen molar-refractivity contribution in [2.75, 3.05) is 59.3 Å². The maximum atomic E-state index is 12.9. The number of aryl methyl sites for hydroxylation is 1. The number of sulfone groups is 1. The molecule has 3 amide bonds. The maximum Gasteiger partial charge on any atom is 0.291 e. The Kier molecular flexibility index (Phi) is 8.29. The smallest absolute Gasteiger partial charge is 0.291 e. The predicted molar refractivity (Wildman–Crippen MR) is 156 cm³/mol. The van der Waals surface area contributed by atoms with Gasteiger partial charge in [0.1, 0.15) is 0 Å². The van der Waals surface area contributed by atoms with E-state index in [0.29, 0.717) is 25.2 Å². The molecule has 0 bridgehead atoms. The normalized spacial score (nSPS) is 18.1. The van der Waals surface area contributed by atoms with Gasteiger partial charge in [-0.05, 0) is 55.3 Å². The zero-order valence-electron chi connectivity index (χ0n) is 22.8. The number of carbonyl (C=O) groups is 3. The average molecular weight is 580 g/mol. The SMILES string of the molecule is Cc1ccccc1N1CCN(c2ccc(C(=O)NCC(=O)NC3CCS(=O)(=O)C3)cc2NC(=O)c2ccco2)CC1. The molecule has 2 fully saturated rings. The molecule has 216 valence electrons. The van der Waals surface area contributed by atoms with Crippen LogP contribution in [0.25, 0.3) is 0 Å². The Bertz CT molecular complexity index is 1530. The minimum atomic E-state index is -3.13. The lowest BCUT2D eigenvalue weighted by Gasteiger charge is -2.38. The number of hydrogen-bond donors (Lipinski definition) is 3. The number of nitrogens with one attached hydrogen (secondary N) is 3. The van der Waals surface area contributed by atoms with Gasteiger partial charge in [-0.25, -0.2) is 8.42 Å². The first-order valence-electron chi connectivity index (χ1n) is 13.5. The highest BCUT2D eigenvalue weighted by Crippen LogP contribution is 2.30. The molecule has 0 saturated carbocycles. The maximum absolute atomic E-state index is 12.9. The topological polar surface area (TPSA) is 141 Å². The highest BCUT2D eigenvalue weighted by atomic mass is 32.2. The van der Waals surface area contributed by atoms with Crippen molar-refractivity contribution < 1.29 is 27.2 Å². The standard InChI is InChI=1S/C29H33N5O6S/c1-20-5-2-3-6-24(20)33-11-13-34(14-12-33)25-9-8-21(17-23(25)32-29(37)26-7-4-15-40-26)28(36)30-18-27(35)31-22-10-16-41(38,39)19-22/h2-9,15,17,22H,10-14,16,18-19H2,1H3,(H,30,36)(H,31,35)(H,32,37). The van der Waals surface area contributed by atoms with Crippen LogP contribution >= 0.6 is 0 Å². The number of carbonyl (C=O) groups excluding carboxylic acids is 3. The first kappa shape index (κ1) is 28.2. The summed E-state index contributed by atoms with van der Waals surface area (Å²) in [6.07, 6.45) is 1.78. The number of rotatable bonds is 8. The van der Waals surface area contributed by atoms with E-state index in [1.165, 1.54) is 17.5 Å². The van der Waals surface area contributed by atoms with Gasteiger partial charge in [-0.2, -0.15) is 0 Å². The van der Waals surface area contributed by atoms with E-state index in [2.05, 4.69) is 44.8 Å². The van der Waals surface area contributed by atoms with Crippen molar-refractivity contribution >= 4 is 44.6 Å². The van der Waals surface area contributed by atoms with Gasteiger partial charge < -0.3 is 30.2 Å². The fourth-order valence-electron chi connectivity index (χ4n) is 5.20. The molecule has 5 rings (SSSR count). The molecule has 11 nitrogen and oxygen atoms in total. The number of benzene rings is 2. The summed E-state index contributed by atoms with van der Waals surface area (Å²) in [6, 6.07) is 16.0. The molecule has 2 saturated heterocycles. The van der Waals surface area contributed by atoms with E-state index in [-0.39, 0.29) is 29.4 Å². The molecule has 0 spiro atoms. The number of nitrogens with zero attached hydrogens (tertiary/aromatic N) is 2. The van der Waals surface area contributed by atoms with E-state index in [1.807, 2.05) is 12.1 Å². The zero-order valence-corrected chi connectivity index (χ0v) is 23.6. The van der Waals surface area contributed by atoms with Gasteiger partial charge in [-0.15, -0.1) is 0 Å². The van der Waals surface area contributed by atoms with E-state index in [0.717, 1.165) is 18.8 Å². The van der Waals surface area contributed by atoms with Crippen molar-refractivity contribution in [2.24, 2.45) is 0 Å². The van der Waals surface area contributed by atoms with Crippen molar-refractivity contribution in [1.29, 1.82) is 0 Å². The third-order valence-electron chi connectivity index (χ3n) is 7.34. The minimum Gasteiger partial charge on any atom is -0.459 e. The summed E-state index contributed by atoms with van der Waals surface area (Å²) >= 11 is 0. The zero-order chi connectivity index (χ0) is 29.0. The lowest BCUT2D eigenvalue weighted by atomic mass is 10.1. The van der Waals surface area contributed by atoms with E-state index >= 15 is 0 Å². The van der Waals surface area contributed by atoms with Crippen LogP contribution in [0, 0.1) is 6.92 Å². The van der Waals surface area contributed by atoms with Crippen LogP contribution in [0.15, 0.2) is 65.3 Å². The summed E-state index contributed by atoms with van der Waals surface area (Å²) in [6.45, 7) is 4.79. The van der Waals surface area contributed by atoms with Crippen molar-refractivity contribution in [3.63, 3.8) is 0 Å². The fraction of sp³-hybridized carbons (Fsp3) is 0.345. The summed E-state index contributed by atoms with van der Waals surface area (Å²) in [7, 11) is -3.13. The molecule has 2 aromatic carbocycles. The molecule has 2 aliphatic rings. The molecule has 0 radical (unpaired) electrons. The van der Waals surface area contributed by atoms with Crippen LogP contribution in [0.1, 0.15) is 32.9 Å². The predicted octanol–water partition coefficient (Wildman–Crippen LogP) is 2.20. The lowest BCUT2D eigenvalue weighted by Crippen LogP contribution is -2.47. The molecular weight excluding hydrogens is 546 g/mol. The van der Waals surface area contributed by atoms with E-state index in [9.17, 15) is 22.8 Å². The molecule has 41 heavy (non-hydrogen) atoms. The Morgan fingerprint density at radius 2 is 1.66 bits per heavy atom. The highest BCUT2D eigenvalue weighted by molar-refractivity contribution is 7.91. The molecule has 1 aromatic heterocycles. The van der Waals surface area contributed by atoms with Gasteiger partial charge in [0.05, 0.1) is 35.7 Å². The number of piperazine rings is 1. The van der Waals surface area contributed by atoms with Crippen LogP contribution in [0.5, 0.6) is 0 Å². The number of anilines is 3. The fourth-order valence-corrected chi connectivity index (χ4v) is 6.87. The first-order chi connectivity index (χ1) is 19.7. The molecule has 1 atom stereocenters. The Morgan fingerprint density at radius 1 is 0.927 bits per heavy atom. The number of hydrogen-bond acceptors (Lipinski definition) is 8. The monoisotopic (exact) mass is 579 g/mol. The Hall–Kier alpha value is -4.32. The van der Waals surface area contributed by atoms with Gasteiger partial charge in [0.25, 0.3) is 11.8 Å². The third kappa shape index (κ3) is 6.88. The van der Waals surface area contributed by atoms with E-state index in [1.54, 1.807) is 30.3 Å². The lowest BCUT2D eigenvalue weighted by molar-refractivity contribution is -0.120. The molecule has 1 unspecified atom stereocenters. The van der Waals surface area contributed by atoms with Crippen molar-refractivity contribution in [3.05, 3.63) is 77.7 Å². The number of para-hydroxylation sites is 1. The van der Waals surface area contributed by atoms with E-state index in [4.69, 9.17) is 4.42 Å². The second-order valence-electron chi connectivity index (χ2n) is 10.3.